The molecule has 0 aliphatic rings. The van der Waals surface area contributed by atoms with Crippen molar-refractivity contribution in [2.45, 2.75) is 19.9 Å². The minimum absolute atomic E-state index is 0.0396. The molecular formula is C13H13ClN2O. The zero-order valence-electron chi connectivity index (χ0n) is 9.56. The number of halogens is 1. The van der Waals surface area contributed by atoms with Crippen molar-refractivity contribution < 1.29 is 4.79 Å². The minimum atomic E-state index is 0.0396. The summed E-state index contributed by atoms with van der Waals surface area (Å²) < 4.78 is 1.74. The number of hydrogen-bond donors (Lipinski definition) is 0. The van der Waals surface area contributed by atoms with E-state index in [1.165, 1.54) is 0 Å². The third kappa shape index (κ3) is 2.74. The summed E-state index contributed by atoms with van der Waals surface area (Å²) in [6, 6.07) is 7.39. The third-order valence-electron chi connectivity index (χ3n) is 2.59. The average molecular weight is 249 g/mol. The van der Waals surface area contributed by atoms with E-state index in [1.54, 1.807) is 23.1 Å². The van der Waals surface area contributed by atoms with Gasteiger partial charge in [0.1, 0.15) is 0 Å². The van der Waals surface area contributed by atoms with Crippen LogP contribution in [0.15, 0.2) is 36.7 Å². The van der Waals surface area contributed by atoms with Crippen LogP contribution >= 0.6 is 11.6 Å². The summed E-state index contributed by atoms with van der Waals surface area (Å²) in [6.45, 7) is 2.74. The van der Waals surface area contributed by atoms with E-state index in [0.717, 1.165) is 12.1 Å². The highest BCUT2D eigenvalue weighted by Crippen LogP contribution is 2.17. The van der Waals surface area contributed by atoms with Gasteiger partial charge in [-0.1, -0.05) is 29.8 Å². The van der Waals surface area contributed by atoms with E-state index in [-0.39, 0.29) is 5.78 Å². The number of carbonyl (C=O) groups is 1. The molecule has 0 unspecified atom stereocenters. The molecule has 17 heavy (non-hydrogen) atoms. The van der Waals surface area contributed by atoms with Gasteiger partial charge >= 0.3 is 0 Å². The van der Waals surface area contributed by atoms with Gasteiger partial charge < -0.3 is 0 Å². The fourth-order valence-corrected chi connectivity index (χ4v) is 1.80. The van der Waals surface area contributed by atoms with Crippen LogP contribution in [0.3, 0.4) is 0 Å². The van der Waals surface area contributed by atoms with Crippen molar-refractivity contribution in [3.8, 4) is 0 Å². The Morgan fingerprint density at radius 3 is 2.82 bits per heavy atom. The molecule has 0 spiro atoms. The predicted octanol–water partition coefficient (Wildman–Crippen LogP) is 2.98. The molecule has 2 rings (SSSR count). The van der Waals surface area contributed by atoms with Gasteiger partial charge in [0, 0.05) is 24.2 Å². The molecule has 88 valence electrons. The lowest BCUT2D eigenvalue weighted by Crippen LogP contribution is -2.03. The van der Waals surface area contributed by atoms with Gasteiger partial charge in [-0.2, -0.15) is 5.10 Å². The standard InChI is InChI=1S/C13H13ClN2O/c1-2-16-9-11(8-15-16)13(17)7-10-5-3-4-6-12(10)14/h3-6,8-9H,2,7H2,1H3. The molecule has 0 fully saturated rings. The number of ketones is 1. The SMILES string of the molecule is CCn1cc(C(=O)Cc2ccccc2Cl)cn1. The highest BCUT2D eigenvalue weighted by Gasteiger charge is 2.11. The van der Waals surface area contributed by atoms with Gasteiger partial charge in [-0.05, 0) is 18.6 Å². The summed E-state index contributed by atoms with van der Waals surface area (Å²) in [7, 11) is 0. The Kier molecular flexibility index (Phi) is 3.59. The van der Waals surface area contributed by atoms with E-state index < -0.39 is 0 Å². The number of carbonyl (C=O) groups excluding carboxylic acids is 1. The van der Waals surface area contributed by atoms with E-state index in [1.807, 2.05) is 25.1 Å². The van der Waals surface area contributed by atoms with Crippen LogP contribution in [-0.4, -0.2) is 15.6 Å². The summed E-state index contributed by atoms with van der Waals surface area (Å²) >= 11 is 6.02. The summed E-state index contributed by atoms with van der Waals surface area (Å²) in [5.74, 6) is 0.0396. The van der Waals surface area contributed by atoms with Crippen molar-refractivity contribution in [3.63, 3.8) is 0 Å². The number of nitrogens with zero attached hydrogens (tertiary/aromatic N) is 2. The molecule has 0 saturated carbocycles. The molecule has 1 heterocycles. The molecule has 4 heteroatoms. The Morgan fingerprint density at radius 1 is 1.41 bits per heavy atom. The Balaban J connectivity index is 2.14. The molecule has 3 nitrogen and oxygen atoms in total. The molecule has 0 N–H and O–H groups in total. The van der Waals surface area contributed by atoms with Crippen LogP contribution in [0.2, 0.25) is 5.02 Å². The number of benzene rings is 1. The second-order valence-corrected chi connectivity index (χ2v) is 4.18. The lowest BCUT2D eigenvalue weighted by atomic mass is 10.1. The topological polar surface area (TPSA) is 34.9 Å². The maximum Gasteiger partial charge on any atom is 0.170 e. The van der Waals surface area contributed by atoms with Gasteiger partial charge in [0.2, 0.25) is 0 Å². The van der Waals surface area contributed by atoms with Crippen LogP contribution < -0.4 is 0 Å². The summed E-state index contributed by atoms with van der Waals surface area (Å²) in [4.78, 5) is 12.0. The average Bonchev–Trinajstić information content (AvgIpc) is 2.81. The largest absolute Gasteiger partial charge is 0.294 e. The lowest BCUT2D eigenvalue weighted by Gasteiger charge is -2.01. The fraction of sp³-hybridized carbons (Fsp3) is 0.231. The predicted molar refractivity (Wildman–Crippen MR) is 67.4 cm³/mol. The maximum absolute atomic E-state index is 12.0. The number of Topliss-reactive ketones (excluding diaryl/α,β-unsaturated/α-hetero) is 1. The van der Waals surface area contributed by atoms with Crippen molar-refractivity contribution >= 4 is 17.4 Å². The van der Waals surface area contributed by atoms with E-state index in [2.05, 4.69) is 5.10 Å². The second-order valence-electron chi connectivity index (χ2n) is 3.78. The normalized spacial score (nSPS) is 10.5. The molecule has 1 aromatic carbocycles. The smallest absolute Gasteiger partial charge is 0.170 e. The zero-order chi connectivity index (χ0) is 12.3. The van der Waals surface area contributed by atoms with Crippen molar-refractivity contribution in [2.75, 3.05) is 0 Å². The Morgan fingerprint density at radius 2 is 2.18 bits per heavy atom. The first-order valence-corrected chi connectivity index (χ1v) is 5.87. The van der Waals surface area contributed by atoms with E-state index in [4.69, 9.17) is 11.6 Å². The Bertz CT molecular complexity index is 534. The van der Waals surface area contributed by atoms with Crippen LogP contribution in [0.5, 0.6) is 0 Å². The van der Waals surface area contributed by atoms with Crippen molar-refractivity contribution in [1.29, 1.82) is 0 Å². The fourth-order valence-electron chi connectivity index (χ4n) is 1.60. The van der Waals surface area contributed by atoms with Crippen molar-refractivity contribution in [3.05, 3.63) is 52.8 Å². The molecule has 1 aromatic heterocycles. The van der Waals surface area contributed by atoms with Crippen molar-refractivity contribution in [1.82, 2.24) is 9.78 Å². The third-order valence-corrected chi connectivity index (χ3v) is 2.96. The summed E-state index contributed by atoms with van der Waals surface area (Å²) in [5.41, 5.74) is 1.48. The molecule has 0 bridgehead atoms. The first-order chi connectivity index (χ1) is 8.20. The first kappa shape index (κ1) is 11.9. The highest BCUT2D eigenvalue weighted by atomic mass is 35.5. The molecule has 0 radical (unpaired) electrons. The Labute approximate surface area is 105 Å². The van der Waals surface area contributed by atoms with E-state index in [9.17, 15) is 4.79 Å². The number of aryl methyl sites for hydroxylation is 1. The molecule has 0 aliphatic heterocycles. The number of hydrogen-bond acceptors (Lipinski definition) is 2. The van der Waals surface area contributed by atoms with Gasteiger partial charge in [-0.3, -0.25) is 9.48 Å². The van der Waals surface area contributed by atoms with Gasteiger partial charge in [0.25, 0.3) is 0 Å². The van der Waals surface area contributed by atoms with Crippen LogP contribution in [-0.2, 0) is 13.0 Å². The molecule has 0 aliphatic carbocycles. The van der Waals surface area contributed by atoms with Gasteiger partial charge in [0.05, 0.1) is 11.8 Å². The van der Waals surface area contributed by atoms with Gasteiger partial charge in [-0.15, -0.1) is 0 Å². The van der Waals surface area contributed by atoms with Crippen molar-refractivity contribution in [2.24, 2.45) is 0 Å². The van der Waals surface area contributed by atoms with E-state index in [0.29, 0.717) is 17.0 Å². The summed E-state index contributed by atoms with van der Waals surface area (Å²) in [6.07, 6.45) is 3.68. The molecule has 0 atom stereocenters. The lowest BCUT2D eigenvalue weighted by molar-refractivity contribution is 0.0993. The van der Waals surface area contributed by atoms with Crippen LogP contribution in [0.4, 0.5) is 0 Å². The van der Waals surface area contributed by atoms with Crippen LogP contribution in [0, 0.1) is 0 Å². The zero-order valence-corrected chi connectivity index (χ0v) is 10.3. The Hall–Kier alpha value is -1.61. The van der Waals surface area contributed by atoms with E-state index >= 15 is 0 Å². The quantitative estimate of drug-likeness (QED) is 0.780. The number of aromatic nitrogens is 2. The monoisotopic (exact) mass is 248 g/mol. The second kappa shape index (κ2) is 5.15. The van der Waals surface area contributed by atoms with Crippen LogP contribution in [0.25, 0.3) is 0 Å². The molecule has 2 aromatic rings. The summed E-state index contributed by atoms with van der Waals surface area (Å²) in [5, 5.41) is 4.71. The minimum Gasteiger partial charge on any atom is -0.294 e. The molecule has 0 saturated heterocycles. The first-order valence-electron chi connectivity index (χ1n) is 5.49. The highest BCUT2D eigenvalue weighted by molar-refractivity contribution is 6.31. The number of rotatable bonds is 4. The molecule has 0 amide bonds. The van der Waals surface area contributed by atoms with Gasteiger partial charge in [0.15, 0.2) is 5.78 Å². The van der Waals surface area contributed by atoms with Gasteiger partial charge in [-0.25, -0.2) is 0 Å². The molecular weight excluding hydrogens is 236 g/mol. The maximum atomic E-state index is 12.0. The van der Waals surface area contributed by atoms with Crippen LogP contribution in [0.1, 0.15) is 22.8 Å².